The van der Waals surface area contributed by atoms with Crippen LogP contribution in [0.3, 0.4) is 0 Å². The van der Waals surface area contributed by atoms with E-state index in [1.807, 2.05) is 6.92 Å². The van der Waals surface area contributed by atoms with Crippen molar-refractivity contribution in [1.29, 1.82) is 0 Å². The molecule has 1 aliphatic heterocycles. The summed E-state index contributed by atoms with van der Waals surface area (Å²) in [4.78, 5) is 11.3. The van der Waals surface area contributed by atoms with E-state index in [-0.39, 0.29) is 42.0 Å². The highest BCUT2D eigenvalue weighted by molar-refractivity contribution is 14.0. The Kier molecular flexibility index (Phi) is 8.63. The second-order valence-electron chi connectivity index (χ2n) is 7.12. The van der Waals surface area contributed by atoms with Gasteiger partial charge in [0, 0.05) is 24.9 Å². The van der Waals surface area contributed by atoms with Gasteiger partial charge < -0.3 is 15.0 Å². The van der Waals surface area contributed by atoms with E-state index in [4.69, 9.17) is 4.74 Å². The number of nitrogens with one attached hydrogen (secondary N) is 1. The lowest BCUT2D eigenvalue weighted by molar-refractivity contribution is -0.0605. The number of halogens is 2. The summed E-state index contributed by atoms with van der Waals surface area (Å²) in [6.45, 7) is 8.42. The van der Waals surface area contributed by atoms with Crippen molar-refractivity contribution in [3.8, 4) is 0 Å². The quantitative estimate of drug-likeness (QED) is 0.367. The van der Waals surface area contributed by atoms with Crippen molar-refractivity contribution in [2.24, 2.45) is 4.99 Å². The highest BCUT2D eigenvalue weighted by Crippen LogP contribution is 2.25. The predicted octanol–water partition coefficient (Wildman–Crippen LogP) is 4.56. The second-order valence-corrected chi connectivity index (χ2v) is 8.01. The highest BCUT2D eigenvalue weighted by atomic mass is 127. The van der Waals surface area contributed by atoms with Crippen LogP contribution in [0.15, 0.2) is 34.6 Å². The molecular weight excluding hydrogens is 490 g/mol. The van der Waals surface area contributed by atoms with Gasteiger partial charge in [-0.15, -0.1) is 35.3 Å². The van der Waals surface area contributed by atoms with Crippen LogP contribution in [-0.2, 0) is 11.3 Å². The first-order chi connectivity index (χ1) is 13.0. The van der Waals surface area contributed by atoms with Crippen LogP contribution in [0.25, 0.3) is 0 Å². The Morgan fingerprint density at radius 1 is 1.36 bits per heavy atom. The molecule has 1 aromatic carbocycles. The molecule has 0 amide bonds. The maximum absolute atomic E-state index is 13.2. The standard InChI is InChI=1S/C20H27FN4OS.HI/c1-13(2)19-24-17(12-27-19)9-23-20(22-4)25-10-14(3)26-18(11-25)15-5-7-16(21)8-6-15;/h5-8,12-14,18H,9-11H2,1-4H3,(H,22,23);1H. The molecule has 2 aromatic rings. The second kappa shape index (κ2) is 10.5. The molecule has 1 aromatic heterocycles. The summed E-state index contributed by atoms with van der Waals surface area (Å²) in [7, 11) is 1.79. The molecule has 0 radical (unpaired) electrons. The van der Waals surface area contributed by atoms with Crippen molar-refractivity contribution in [2.75, 3.05) is 20.1 Å². The smallest absolute Gasteiger partial charge is 0.194 e. The molecule has 5 nitrogen and oxygen atoms in total. The first-order valence-corrected chi connectivity index (χ1v) is 10.1. The molecule has 1 fully saturated rings. The number of aliphatic imine (C=N–C) groups is 1. The van der Waals surface area contributed by atoms with Gasteiger partial charge in [-0.2, -0.15) is 0 Å². The van der Waals surface area contributed by atoms with E-state index in [9.17, 15) is 4.39 Å². The van der Waals surface area contributed by atoms with E-state index >= 15 is 0 Å². The van der Waals surface area contributed by atoms with Gasteiger partial charge in [0.05, 0.1) is 29.9 Å². The zero-order valence-electron chi connectivity index (χ0n) is 16.7. The normalized spacial score (nSPS) is 20.2. The van der Waals surface area contributed by atoms with Crippen LogP contribution < -0.4 is 5.32 Å². The van der Waals surface area contributed by atoms with Gasteiger partial charge in [-0.25, -0.2) is 9.37 Å². The minimum atomic E-state index is -0.235. The molecule has 28 heavy (non-hydrogen) atoms. The van der Waals surface area contributed by atoms with Crippen LogP contribution >= 0.6 is 35.3 Å². The Morgan fingerprint density at radius 3 is 2.68 bits per heavy atom. The first-order valence-electron chi connectivity index (χ1n) is 9.27. The van der Waals surface area contributed by atoms with Crippen LogP contribution in [-0.4, -0.2) is 42.1 Å². The molecule has 0 bridgehead atoms. The van der Waals surface area contributed by atoms with Gasteiger partial charge in [-0.3, -0.25) is 4.99 Å². The van der Waals surface area contributed by atoms with E-state index in [1.165, 1.54) is 12.1 Å². The number of nitrogens with zero attached hydrogens (tertiary/aromatic N) is 3. The minimum absolute atomic E-state index is 0. The van der Waals surface area contributed by atoms with Crippen molar-refractivity contribution >= 4 is 41.3 Å². The van der Waals surface area contributed by atoms with Gasteiger partial charge in [0.25, 0.3) is 0 Å². The number of hydrogen-bond acceptors (Lipinski definition) is 4. The molecule has 0 spiro atoms. The van der Waals surface area contributed by atoms with E-state index in [2.05, 4.69) is 39.4 Å². The van der Waals surface area contributed by atoms with Crippen LogP contribution in [0.2, 0.25) is 0 Å². The number of benzene rings is 1. The third-order valence-electron chi connectivity index (χ3n) is 4.50. The van der Waals surface area contributed by atoms with Gasteiger partial charge in [0.15, 0.2) is 5.96 Å². The average Bonchev–Trinajstić information content (AvgIpc) is 3.12. The van der Waals surface area contributed by atoms with E-state index in [0.717, 1.165) is 28.8 Å². The Hall–Kier alpha value is -1.26. The number of rotatable bonds is 4. The molecular formula is C20H28FIN4OS. The molecule has 0 aliphatic carbocycles. The monoisotopic (exact) mass is 518 g/mol. The number of thiazole rings is 1. The van der Waals surface area contributed by atoms with Gasteiger partial charge in [0.2, 0.25) is 0 Å². The predicted molar refractivity (Wildman–Crippen MR) is 123 cm³/mol. The summed E-state index contributed by atoms with van der Waals surface area (Å²) >= 11 is 1.70. The number of ether oxygens (including phenoxy) is 1. The zero-order chi connectivity index (χ0) is 19.4. The Balaban J connectivity index is 0.00000280. The third-order valence-corrected chi connectivity index (χ3v) is 5.70. The first kappa shape index (κ1) is 23.0. The Labute approximate surface area is 187 Å². The van der Waals surface area contributed by atoms with Crippen LogP contribution in [0.1, 0.15) is 49.1 Å². The zero-order valence-corrected chi connectivity index (χ0v) is 19.8. The molecule has 2 heterocycles. The minimum Gasteiger partial charge on any atom is -0.367 e. The summed E-state index contributed by atoms with van der Waals surface area (Å²) in [5, 5.41) is 6.66. The molecule has 8 heteroatoms. The molecule has 0 saturated carbocycles. The van der Waals surface area contributed by atoms with Gasteiger partial charge in [0.1, 0.15) is 11.9 Å². The summed E-state index contributed by atoms with van der Waals surface area (Å²) in [5.74, 6) is 1.04. The summed E-state index contributed by atoms with van der Waals surface area (Å²) in [6, 6.07) is 6.53. The summed E-state index contributed by atoms with van der Waals surface area (Å²) in [5.41, 5.74) is 2.01. The van der Waals surface area contributed by atoms with Gasteiger partial charge in [-0.05, 0) is 24.6 Å². The Bertz CT molecular complexity index is 781. The molecule has 1 aliphatic rings. The van der Waals surface area contributed by atoms with Crippen LogP contribution in [0, 0.1) is 5.82 Å². The molecule has 1 N–H and O–H groups in total. The summed E-state index contributed by atoms with van der Waals surface area (Å²) < 4.78 is 19.3. The fourth-order valence-corrected chi connectivity index (χ4v) is 3.99. The lowest BCUT2D eigenvalue weighted by Crippen LogP contribution is -2.50. The molecule has 1 saturated heterocycles. The van der Waals surface area contributed by atoms with Crippen LogP contribution in [0.5, 0.6) is 0 Å². The highest BCUT2D eigenvalue weighted by Gasteiger charge is 2.28. The van der Waals surface area contributed by atoms with E-state index in [0.29, 0.717) is 19.0 Å². The largest absolute Gasteiger partial charge is 0.367 e. The fraction of sp³-hybridized carbons (Fsp3) is 0.500. The van der Waals surface area contributed by atoms with Gasteiger partial charge in [-0.1, -0.05) is 26.0 Å². The van der Waals surface area contributed by atoms with Crippen LogP contribution in [0.4, 0.5) is 4.39 Å². The molecule has 154 valence electrons. The fourth-order valence-electron chi connectivity index (χ4n) is 3.16. The van der Waals surface area contributed by atoms with Crippen molar-refractivity contribution in [3.63, 3.8) is 0 Å². The SMILES string of the molecule is CN=C(NCc1csc(C(C)C)n1)N1CC(C)OC(c2ccc(F)cc2)C1.I. The lowest BCUT2D eigenvalue weighted by atomic mass is 10.1. The molecule has 2 unspecified atom stereocenters. The van der Waals surface area contributed by atoms with E-state index < -0.39 is 0 Å². The topological polar surface area (TPSA) is 49.8 Å². The molecule has 3 rings (SSSR count). The van der Waals surface area contributed by atoms with Crippen molar-refractivity contribution in [1.82, 2.24) is 15.2 Å². The number of hydrogen-bond donors (Lipinski definition) is 1. The van der Waals surface area contributed by atoms with E-state index in [1.54, 1.807) is 30.5 Å². The summed E-state index contributed by atoms with van der Waals surface area (Å²) in [6.07, 6.45) is -0.0566. The lowest BCUT2D eigenvalue weighted by Gasteiger charge is -2.38. The van der Waals surface area contributed by atoms with Gasteiger partial charge >= 0.3 is 0 Å². The third kappa shape index (κ3) is 5.87. The number of morpholine rings is 1. The maximum Gasteiger partial charge on any atom is 0.194 e. The molecule has 2 atom stereocenters. The van der Waals surface area contributed by atoms with Crippen molar-refractivity contribution < 1.29 is 9.13 Å². The Morgan fingerprint density at radius 2 is 2.07 bits per heavy atom. The number of guanidine groups is 1. The number of aromatic nitrogens is 1. The average molecular weight is 518 g/mol. The maximum atomic E-state index is 13.2. The van der Waals surface area contributed by atoms with Crippen molar-refractivity contribution in [3.05, 3.63) is 51.7 Å². The van der Waals surface area contributed by atoms with Crippen molar-refractivity contribution in [2.45, 2.75) is 45.4 Å².